The summed E-state index contributed by atoms with van der Waals surface area (Å²) in [4.78, 5) is 18.9. The van der Waals surface area contributed by atoms with Gasteiger partial charge in [0.25, 0.3) is 5.92 Å². The fourth-order valence-electron chi connectivity index (χ4n) is 3.24. The van der Waals surface area contributed by atoms with E-state index in [-0.39, 0.29) is 43.1 Å². The van der Waals surface area contributed by atoms with Crippen molar-refractivity contribution in [1.82, 2.24) is 15.2 Å². The van der Waals surface area contributed by atoms with Gasteiger partial charge >= 0.3 is 0 Å². The van der Waals surface area contributed by atoms with Gasteiger partial charge in [0.1, 0.15) is 0 Å². The van der Waals surface area contributed by atoms with Crippen molar-refractivity contribution in [3.8, 4) is 0 Å². The van der Waals surface area contributed by atoms with Gasteiger partial charge < -0.3 is 4.90 Å². The first-order valence-corrected chi connectivity index (χ1v) is 9.09. The van der Waals surface area contributed by atoms with Gasteiger partial charge in [-0.3, -0.25) is 10.1 Å². The minimum atomic E-state index is -2.77. The minimum Gasteiger partial charge on any atom is -0.341 e. The third-order valence-corrected chi connectivity index (χ3v) is 5.65. The summed E-state index contributed by atoms with van der Waals surface area (Å²) in [5, 5.41) is 5.81. The van der Waals surface area contributed by atoms with E-state index in [1.807, 2.05) is 0 Å². The number of piperidine rings is 1. The number of carbonyl (C=O) groups excluding carboxylic acids is 1. The van der Waals surface area contributed by atoms with Crippen LogP contribution in [0.4, 0.5) is 8.78 Å². The maximum absolute atomic E-state index is 13.3. The second kappa shape index (κ2) is 8.93. The summed E-state index contributed by atoms with van der Waals surface area (Å²) in [6.45, 7) is 5.07. The lowest BCUT2D eigenvalue weighted by atomic mass is 9.97. The standard InChI is InChI=1S/C16H23F2N3OS.2ClH/c1-10(2)13-8-23-14(20-13)11-4-3-5-21(7-11)15(22)12-6-16(17,18)9-19-12;;/h8,10-12,19H,3-7,9H2,1-2H3;2*1H. The molecule has 1 N–H and O–H groups in total. The van der Waals surface area contributed by atoms with Crippen molar-refractivity contribution < 1.29 is 13.6 Å². The molecule has 2 aliphatic heterocycles. The van der Waals surface area contributed by atoms with E-state index in [9.17, 15) is 13.6 Å². The van der Waals surface area contributed by atoms with Crippen LogP contribution >= 0.6 is 36.2 Å². The number of rotatable bonds is 3. The lowest BCUT2D eigenvalue weighted by molar-refractivity contribution is -0.134. The van der Waals surface area contributed by atoms with Crippen molar-refractivity contribution in [2.75, 3.05) is 19.6 Å². The largest absolute Gasteiger partial charge is 0.341 e. The van der Waals surface area contributed by atoms with Crippen LogP contribution in [0.3, 0.4) is 0 Å². The smallest absolute Gasteiger partial charge is 0.262 e. The van der Waals surface area contributed by atoms with Crippen LogP contribution in [0.25, 0.3) is 0 Å². The molecule has 0 saturated carbocycles. The highest BCUT2D eigenvalue weighted by atomic mass is 35.5. The molecule has 25 heavy (non-hydrogen) atoms. The molecule has 1 amide bonds. The molecule has 0 radical (unpaired) electrons. The van der Waals surface area contributed by atoms with Gasteiger partial charge in [-0.1, -0.05) is 13.8 Å². The summed E-state index contributed by atoms with van der Waals surface area (Å²) < 4.78 is 26.6. The van der Waals surface area contributed by atoms with Gasteiger partial charge in [0, 0.05) is 30.8 Å². The average Bonchev–Trinajstić information content (AvgIpc) is 3.13. The predicted molar refractivity (Wildman–Crippen MR) is 101 cm³/mol. The number of halogens is 4. The Morgan fingerprint density at radius 2 is 2.16 bits per heavy atom. The number of hydrogen-bond donors (Lipinski definition) is 1. The summed E-state index contributed by atoms with van der Waals surface area (Å²) in [5.41, 5.74) is 1.09. The molecule has 2 saturated heterocycles. The van der Waals surface area contributed by atoms with E-state index in [4.69, 9.17) is 4.98 Å². The highest BCUT2D eigenvalue weighted by Crippen LogP contribution is 2.32. The first-order chi connectivity index (χ1) is 10.9. The first-order valence-electron chi connectivity index (χ1n) is 8.21. The molecule has 0 bridgehead atoms. The normalized spacial score (nSPS) is 25.4. The fraction of sp³-hybridized carbons (Fsp3) is 0.750. The zero-order chi connectivity index (χ0) is 16.6. The Hall–Kier alpha value is -0.500. The predicted octanol–water partition coefficient (Wildman–Crippen LogP) is 3.81. The lowest BCUT2D eigenvalue weighted by Crippen LogP contribution is -2.47. The molecule has 2 aliphatic rings. The van der Waals surface area contributed by atoms with E-state index in [1.165, 1.54) is 0 Å². The third kappa shape index (κ3) is 5.25. The third-order valence-electron chi connectivity index (χ3n) is 4.62. The van der Waals surface area contributed by atoms with Gasteiger partial charge in [-0.2, -0.15) is 0 Å². The van der Waals surface area contributed by atoms with Crippen LogP contribution < -0.4 is 5.32 Å². The summed E-state index contributed by atoms with van der Waals surface area (Å²) in [5.74, 6) is -2.33. The minimum absolute atomic E-state index is 0. The van der Waals surface area contributed by atoms with Crippen LogP contribution in [0.15, 0.2) is 5.38 Å². The zero-order valence-electron chi connectivity index (χ0n) is 14.3. The van der Waals surface area contributed by atoms with Crippen LogP contribution in [0.2, 0.25) is 0 Å². The molecule has 4 nitrogen and oxygen atoms in total. The molecule has 3 heterocycles. The van der Waals surface area contributed by atoms with Crippen molar-refractivity contribution in [2.24, 2.45) is 0 Å². The molecule has 0 spiro atoms. The summed E-state index contributed by atoms with van der Waals surface area (Å²) in [6, 6.07) is -0.744. The van der Waals surface area contributed by atoms with Crippen LogP contribution in [-0.2, 0) is 4.79 Å². The second-order valence-electron chi connectivity index (χ2n) is 6.88. The molecule has 2 fully saturated rings. The Labute approximate surface area is 163 Å². The molecule has 2 unspecified atom stereocenters. The molecular formula is C16H25Cl2F2N3OS. The van der Waals surface area contributed by atoms with Crippen molar-refractivity contribution in [3.05, 3.63) is 16.1 Å². The number of alkyl halides is 2. The average molecular weight is 416 g/mol. The summed E-state index contributed by atoms with van der Waals surface area (Å²) in [7, 11) is 0. The van der Waals surface area contributed by atoms with Crippen LogP contribution in [0.5, 0.6) is 0 Å². The Morgan fingerprint density at radius 3 is 2.72 bits per heavy atom. The number of nitrogens with one attached hydrogen (secondary N) is 1. The quantitative estimate of drug-likeness (QED) is 0.815. The highest BCUT2D eigenvalue weighted by molar-refractivity contribution is 7.09. The second-order valence-corrected chi connectivity index (χ2v) is 7.77. The maximum atomic E-state index is 13.3. The van der Waals surface area contributed by atoms with E-state index in [2.05, 4.69) is 24.5 Å². The van der Waals surface area contributed by atoms with Crippen LogP contribution in [0, 0.1) is 0 Å². The van der Waals surface area contributed by atoms with Crippen molar-refractivity contribution in [1.29, 1.82) is 0 Å². The first kappa shape index (κ1) is 22.5. The molecule has 2 atom stereocenters. The number of thiazole rings is 1. The molecule has 1 aromatic heterocycles. The topological polar surface area (TPSA) is 45.2 Å². The summed E-state index contributed by atoms with van der Waals surface area (Å²) in [6.07, 6.45) is 1.51. The van der Waals surface area contributed by atoms with Gasteiger partial charge in [0.05, 0.1) is 23.3 Å². The Bertz CT molecular complexity index is 585. The zero-order valence-corrected chi connectivity index (χ0v) is 16.8. The van der Waals surface area contributed by atoms with E-state index in [1.54, 1.807) is 16.2 Å². The van der Waals surface area contributed by atoms with Crippen molar-refractivity contribution in [3.63, 3.8) is 0 Å². The van der Waals surface area contributed by atoms with E-state index < -0.39 is 18.5 Å². The molecule has 1 aromatic rings. The summed E-state index contributed by atoms with van der Waals surface area (Å²) >= 11 is 1.65. The van der Waals surface area contributed by atoms with E-state index in [0.29, 0.717) is 19.0 Å². The SMILES string of the molecule is CC(C)c1csc(C2CCCN(C(=O)C3CC(F)(F)CN3)C2)n1.Cl.Cl. The molecule has 0 aromatic carbocycles. The molecule has 0 aliphatic carbocycles. The van der Waals surface area contributed by atoms with Crippen molar-refractivity contribution >= 4 is 42.1 Å². The van der Waals surface area contributed by atoms with E-state index >= 15 is 0 Å². The molecule has 9 heteroatoms. The number of carbonyl (C=O) groups is 1. The molecular weight excluding hydrogens is 391 g/mol. The lowest BCUT2D eigenvalue weighted by Gasteiger charge is -2.33. The number of likely N-dealkylation sites (tertiary alicyclic amines) is 1. The van der Waals surface area contributed by atoms with Gasteiger partial charge in [0.2, 0.25) is 5.91 Å². The number of hydrogen-bond acceptors (Lipinski definition) is 4. The van der Waals surface area contributed by atoms with Gasteiger partial charge in [-0.15, -0.1) is 36.2 Å². The maximum Gasteiger partial charge on any atom is 0.262 e. The Morgan fingerprint density at radius 1 is 1.44 bits per heavy atom. The molecule has 3 rings (SSSR count). The molecule has 144 valence electrons. The monoisotopic (exact) mass is 415 g/mol. The van der Waals surface area contributed by atoms with E-state index in [0.717, 1.165) is 23.5 Å². The van der Waals surface area contributed by atoms with Gasteiger partial charge in [0.15, 0.2) is 0 Å². The van der Waals surface area contributed by atoms with Crippen molar-refractivity contribution in [2.45, 2.75) is 56.9 Å². The van der Waals surface area contributed by atoms with Crippen LogP contribution in [0.1, 0.15) is 55.6 Å². The highest BCUT2D eigenvalue weighted by Gasteiger charge is 2.44. The number of nitrogens with zero attached hydrogens (tertiary/aromatic N) is 2. The van der Waals surface area contributed by atoms with Gasteiger partial charge in [-0.25, -0.2) is 13.8 Å². The Balaban J connectivity index is 0.00000156. The Kier molecular flexibility index (Phi) is 8.05. The van der Waals surface area contributed by atoms with Gasteiger partial charge in [-0.05, 0) is 18.8 Å². The number of amides is 1. The number of aromatic nitrogens is 1. The van der Waals surface area contributed by atoms with Crippen LogP contribution in [-0.4, -0.2) is 47.4 Å². The fourth-order valence-corrected chi connectivity index (χ4v) is 4.35.